The minimum absolute atomic E-state index is 0.642. The van der Waals surface area contributed by atoms with Crippen LogP contribution in [-0.2, 0) is 0 Å². The molecule has 3 heterocycles. The Morgan fingerprint density at radius 2 is 0.851 bits per heavy atom. The second-order valence-electron chi connectivity index (χ2n) is 11.5. The maximum Gasteiger partial charge on any atom is 0.164 e. The van der Waals surface area contributed by atoms with E-state index in [1.165, 1.54) is 25.9 Å². The topological polar surface area (TPSA) is 51.6 Å². The average Bonchev–Trinajstić information content (AvgIpc) is 3.52. The highest BCUT2D eigenvalue weighted by Crippen LogP contribution is 2.43. The summed E-state index contributed by atoms with van der Waals surface area (Å²) in [6, 6.07) is 54.5. The van der Waals surface area contributed by atoms with Crippen molar-refractivity contribution in [2.45, 2.75) is 0 Å². The Labute approximate surface area is 275 Å². The van der Waals surface area contributed by atoms with Crippen LogP contribution in [-0.4, -0.2) is 19.9 Å². The van der Waals surface area contributed by atoms with E-state index in [9.17, 15) is 0 Å². The van der Waals surface area contributed by atoms with Crippen LogP contribution in [0.2, 0.25) is 0 Å². The quantitative estimate of drug-likeness (QED) is 0.193. The van der Waals surface area contributed by atoms with Gasteiger partial charge in [0.2, 0.25) is 0 Å². The Morgan fingerprint density at radius 3 is 1.53 bits per heavy atom. The Morgan fingerprint density at radius 1 is 0.362 bits per heavy atom. The number of thiophene rings is 1. The lowest BCUT2D eigenvalue weighted by Gasteiger charge is -2.12. The molecule has 0 atom stereocenters. The molecule has 0 spiro atoms. The molecule has 9 rings (SSSR count). The summed E-state index contributed by atoms with van der Waals surface area (Å²) >= 11 is 1.81. The van der Waals surface area contributed by atoms with E-state index in [4.69, 9.17) is 19.9 Å². The Bertz CT molecular complexity index is 2520. The SMILES string of the molecule is c1ccc(-c2nc(-c3ccccc3)nc(-c3cccc(-c4cccc(-c5c6ccccc6nc6c5sc5ccccc56)c4)c3)n2)cc1. The first-order valence-corrected chi connectivity index (χ1v) is 16.4. The number of para-hydroxylation sites is 1. The molecule has 3 aromatic heterocycles. The third kappa shape index (κ3) is 4.94. The minimum atomic E-state index is 0.642. The summed E-state index contributed by atoms with van der Waals surface area (Å²) in [5, 5.41) is 2.36. The van der Waals surface area contributed by atoms with E-state index in [1.54, 1.807) is 0 Å². The van der Waals surface area contributed by atoms with Crippen molar-refractivity contribution >= 4 is 42.5 Å². The molecule has 0 amide bonds. The lowest BCUT2D eigenvalue weighted by Crippen LogP contribution is -2.00. The van der Waals surface area contributed by atoms with Gasteiger partial charge in [0.15, 0.2) is 17.5 Å². The molecule has 0 aliphatic carbocycles. The van der Waals surface area contributed by atoms with Gasteiger partial charge in [-0.1, -0.05) is 133 Å². The van der Waals surface area contributed by atoms with Crippen LogP contribution in [0.4, 0.5) is 0 Å². The molecule has 0 bridgehead atoms. The van der Waals surface area contributed by atoms with E-state index in [0.717, 1.165) is 44.2 Å². The summed E-state index contributed by atoms with van der Waals surface area (Å²) in [5.41, 5.74) is 9.52. The Kier molecular flexibility index (Phi) is 6.61. The van der Waals surface area contributed by atoms with Gasteiger partial charge in [-0.05, 0) is 41.0 Å². The molecule has 4 nitrogen and oxygen atoms in total. The summed E-state index contributed by atoms with van der Waals surface area (Å²) < 4.78 is 2.46. The molecule has 0 saturated heterocycles. The second kappa shape index (κ2) is 11.4. The minimum Gasteiger partial charge on any atom is -0.246 e. The number of fused-ring (bicyclic) bond motifs is 4. The standard InChI is InChI=1S/C42H26N4S/c1-3-13-27(14-4-1)40-44-41(28-15-5-2-6-16-28)46-42(45-40)32-20-12-18-30(26-32)29-17-11-19-31(25-29)37-33-21-7-9-23-35(33)43-38-34-22-8-10-24-36(34)47-39(37)38/h1-26H. The van der Waals surface area contributed by atoms with Crippen molar-refractivity contribution < 1.29 is 0 Å². The van der Waals surface area contributed by atoms with E-state index in [0.29, 0.717) is 17.5 Å². The molecule has 220 valence electrons. The molecular formula is C42H26N4S. The summed E-state index contributed by atoms with van der Waals surface area (Å²) in [6.45, 7) is 0. The molecule has 47 heavy (non-hydrogen) atoms. The van der Waals surface area contributed by atoms with Crippen molar-refractivity contribution in [3.8, 4) is 56.4 Å². The first kappa shape index (κ1) is 27.3. The van der Waals surface area contributed by atoms with E-state index in [-0.39, 0.29) is 0 Å². The van der Waals surface area contributed by atoms with Crippen LogP contribution in [0.5, 0.6) is 0 Å². The highest BCUT2D eigenvalue weighted by molar-refractivity contribution is 7.26. The Hall–Kier alpha value is -6.04. The van der Waals surface area contributed by atoms with Gasteiger partial charge in [0.1, 0.15) is 0 Å². The van der Waals surface area contributed by atoms with E-state index >= 15 is 0 Å². The second-order valence-corrected chi connectivity index (χ2v) is 12.5. The molecule has 0 N–H and O–H groups in total. The van der Waals surface area contributed by atoms with Crippen molar-refractivity contribution in [3.05, 3.63) is 158 Å². The zero-order valence-corrected chi connectivity index (χ0v) is 26.0. The average molecular weight is 619 g/mol. The smallest absolute Gasteiger partial charge is 0.164 e. The third-order valence-corrected chi connectivity index (χ3v) is 9.68. The molecule has 5 heteroatoms. The number of pyridine rings is 1. The number of hydrogen-bond acceptors (Lipinski definition) is 5. The molecule has 0 aliphatic heterocycles. The number of rotatable bonds is 5. The molecule has 6 aromatic carbocycles. The number of nitrogens with zero attached hydrogens (tertiary/aromatic N) is 4. The van der Waals surface area contributed by atoms with Crippen LogP contribution in [0.1, 0.15) is 0 Å². The van der Waals surface area contributed by atoms with Gasteiger partial charge in [0.05, 0.1) is 15.7 Å². The zero-order chi connectivity index (χ0) is 31.2. The highest BCUT2D eigenvalue weighted by atomic mass is 32.1. The van der Waals surface area contributed by atoms with Gasteiger partial charge in [-0.3, -0.25) is 0 Å². The van der Waals surface area contributed by atoms with Gasteiger partial charge >= 0.3 is 0 Å². The predicted octanol–water partition coefficient (Wildman–Crippen LogP) is 11.1. The normalized spacial score (nSPS) is 11.4. The zero-order valence-electron chi connectivity index (χ0n) is 25.2. The van der Waals surface area contributed by atoms with Crippen molar-refractivity contribution in [2.24, 2.45) is 0 Å². The van der Waals surface area contributed by atoms with E-state index < -0.39 is 0 Å². The van der Waals surface area contributed by atoms with Gasteiger partial charge < -0.3 is 0 Å². The molecule has 0 radical (unpaired) electrons. The first-order valence-electron chi connectivity index (χ1n) is 15.6. The molecule has 9 aromatic rings. The van der Waals surface area contributed by atoms with Crippen molar-refractivity contribution in [3.63, 3.8) is 0 Å². The van der Waals surface area contributed by atoms with E-state index in [1.807, 2.05) is 72.0 Å². The van der Waals surface area contributed by atoms with Crippen LogP contribution in [0.25, 0.3) is 87.6 Å². The summed E-state index contributed by atoms with van der Waals surface area (Å²) in [4.78, 5) is 19.9. The third-order valence-electron chi connectivity index (χ3n) is 8.51. The lowest BCUT2D eigenvalue weighted by molar-refractivity contribution is 1.07. The fourth-order valence-corrected chi connectivity index (χ4v) is 7.48. The van der Waals surface area contributed by atoms with Gasteiger partial charge in [-0.25, -0.2) is 19.9 Å². The largest absolute Gasteiger partial charge is 0.246 e. The van der Waals surface area contributed by atoms with Crippen LogP contribution in [0.3, 0.4) is 0 Å². The van der Waals surface area contributed by atoms with Gasteiger partial charge in [-0.2, -0.15) is 0 Å². The predicted molar refractivity (Wildman–Crippen MR) is 195 cm³/mol. The van der Waals surface area contributed by atoms with Crippen LogP contribution in [0.15, 0.2) is 158 Å². The van der Waals surface area contributed by atoms with Gasteiger partial charge in [0.25, 0.3) is 0 Å². The van der Waals surface area contributed by atoms with Gasteiger partial charge in [0, 0.05) is 37.7 Å². The maximum atomic E-state index is 5.13. The van der Waals surface area contributed by atoms with Crippen LogP contribution < -0.4 is 0 Å². The molecule has 0 saturated carbocycles. The van der Waals surface area contributed by atoms with Crippen LogP contribution >= 0.6 is 11.3 Å². The summed E-state index contributed by atoms with van der Waals surface area (Å²) in [7, 11) is 0. The molecule has 0 aliphatic rings. The Balaban J connectivity index is 1.19. The molecular weight excluding hydrogens is 593 g/mol. The van der Waals surface area contributed by atoms with Crippen LogP contribution in [0, 0.1) is 0 Å². The fraction of sp³-hybridized carbons (Fsp3) is 0. The first-order chi connectivity index (χ1) is 23.3. The summed E-state index contributed by atoms with van der Waals surface area (Å²) in [5.74, 6) is 1.94. The summed E-state index contributed by atoms with van der Waals surface area (Å²) in [6.07, 6.45) is 0. The maximum absolute atomic E-state index is 5.13. The van der Waals surface area contributed by atoms with Crippen molar-refractivity contribution in [2.75, 3.05) is 0 Å². The van der Waals surface area contributed by atoms with Crippen molar-refractivity contribution in [1.82, 2.24) is 19.9 Å². The lowest BCUT2D eigenvalue weighted by atomic mass is 9.95. The fourth-order valence-electron chi connectivity index (χ4n) is 6.25. The van der Waals surface area contributed by atoms with Crippen molar-refractivity contribution in [1.29, 1.82) is 0 Å². The number of benzene rings is 6. The highest BCUT2D eigenvalue weighted by Gasteiger charge is 2.17. The van der Waals surface area contributed by atoms with E-state index in [2.05, 4.69) is 97.1 Å². The number of hydrogen-bond donors (Lipinski definition) is 0. The van der Waals surface area contributed by atoms with Gasteiger partial charge in [-0.15, -0.1) is 11.3 Å². The molecule has 0 fully saturated rings. The monoisotopic (exact) mass is 618 g/mol. The molecule has 0 unspecified atom stereocenters. The number of aromatic nitrogens is 4.